The molecule has 0 bridgehead atoms. The monoisotopic (exact) mass is 418 g/mol. The third-order valence-electron chi connectivity index (χ3n) is 4.64. The number of rotatable bonds is 6. The maximum absolute atomic E-state index is 5.49. The van der Waals surface area contributed by atoms with Gasteiger partial charge in [-0.3, -0.25) is 5.10 Å². The van der Waals surface area contributed by atoms with Crippen LogP contribution in [-0.4, -0.2) is 39.4 Å². The molecule has 0 unspecified atom stereocenters. The van der Waals surface area contributed by atoms with Gasteiger partial charge in [-0.2, -0.15) is 5.10 Å². The number of hydrogen-bond donors (Lipinski definition) is 3. The third-order valence-corrected chi connectivity index (χ3v) is 5.51. The van der Waals surface area contributed by atoms with E-state index in [0.717, 1.165) is 32.6 Å². The zero-order valence-corrected chi connectivity index (χ0v) is 17.1. The molecule has 150 valence electrons. The van der Waals surface area contributed by atoms with Crippen LogP contribution in [-0.2, 0) is 0 Å². The lowest BCUT2D eigenvalue weighted by molar-refractivity contribution is 0.356. The van der Waals surface area contributed by atoms with Gasteiger partial charge in [0.1, 0.15) is 17.3 Å². The van der Waals surface area contributed by atoms with Gasteiger partial charge >= 0.3 is 0 Å². The number of ether oxygens (including phenoxy) is 2. The van der Waals surface area contributed by atoms with Crippen LogP contribution >= 0.6 is 11.8 Å². The first kappa shape index (κ1) is 18.3. The predicted octanol–water partition coefficient (Wildman–Crippen LogP) is 4.75. The van der Waals surface area contributed by atoms with Crippen molar-refractivity contribution in [3.63, 3.8) is 0 Å². The Morgan fingerprint density at radius 3 is 2.50 bits per heavy atom. The molecule has 0 aliphatic carbocycles. The van der Waals surface area contributed by atoms with Crippen molar-refractivity contribution in [2.24, 2.45) is 0 Å². The van der Waals surface area contributed by atoms with Crippen LogP contribution in [0.3, 0.4) is 0 Å². The summed E-state index contributed by atoms with van der Waals surface area (Å²) in [6, 6.07) is 15.7. The summed E-state index contributed by atoms with van der Waals surface area (Å²) in [5.41, 5.74) is 1.60. The van der Waals surface area contributed by atoms with Crippen LogP contribution in [0.4, 0.5) is 11.6 Å². The van der Waals surface area contributed by atoms with E-state index in [1.165, 1.54) is 11.8 Å². The summed E-state index contributed by atoms with van der Waals surface area (Å²) in [5, 5.41) is 12.7. The molecule has 3 N–H and O–H groups in total. The van der Waals surface area contributed by atoms with Gasteiger partial charge in [0, 0.05) is 22.4 Å². The zero-order valence-electron chi connectivity index (χ0n) is 16.3. The number of anilines is 2. The molecule has 0 aliphatic heterocycles. The second-order valence-electron chi connectivity index (χ2n) is 6.47. The molecule has 0 aliphatic rings. The molecule has 5 aromatic rings. The van der Waals surface area contributed by atoms with Crippen LogP contribution < -0.4 is 14.8 Å². The van der Waals surface area contributed by atoms with Crippen molar-refractivity contribution in [3.8, 4) is 11.5 Å². The van der Waals surface area contributed by atoms with Crippen LogP contribution in [0.5, 0.6) is 11.5 Å². The molecule has 0 saturated heterocycles. The summed E-state index contributed by atoms with van der Waals surface area (Å²) in [5.74, 6) is 2.69. The number of nitrogens with one attached hydrogen (secondary N) is 3. The summed E-state index contributed by atoms with van der Waals surface area (Å²) < 4.78 is 10.9. The molecular formula is C21H18N6O2S. The fourth-order valence-electron chi connectivity index (χ4n) is 3.29. The molecule has 9 heteroatoms. The summed E-state index contributed by atoms with van der Waals surface area (Å²) in [6.45, 7) is 0. The molecular weight excluding hydrogens is 400 g/mol. The molecule has 3 heterocycles. The minimum atomic E-state index is 0.626. The number of benzene rings is 2. The van der Waals surface area contributed by atoms with Crippen molar-refractivity contribution in [2.75, 3.05) is 19.5 Å². The Morgan fingerprint density at radius 2 is 1.77 bits per heavy atom. The van der Waals surface area contributed by atoms with E-state index in [0.29, 0.717) is 22.5 Å². The molecule has 0 atom stereocenters. The SMILES string of the molecule is COc1cc2[nH]c3nc(Sc4ccccc4)nc(Nc4ccn[nH]4)c3c2cc1OC. The van der Waals surface area contributed by atoms with Crippen molar-refractivity contribution in [1.29, 1.82) is 0 Å². The fraction of sp³-hybridized carbons (Fsp3) is 0.0952. The van der Waals surface area contributed by atoms with Gasteiger partial charge in [0.15, 0.2) is 16.7 Å². The molecule has 0 radical (unpaired) electrons. The normalized spacial score (nSPS) is 11.1. The van der Waals surface area contributed by atoms with E-state index in [1.54, 1.807) is 20.4 Å². The van der Waals surface area contributed by atoms with Gasteiger partial charge in [-0.05, 0) is 30.0 Å². The van der Waals surface area contributed by atoms with E-state index >= 15 is 0 Å². The summed E-state index contributed by atoms with van der Waals surface area (Å²) in [6.07, 6.45) is 1.68. The van der Waals surface area contributed by atoms with Crippen molar-refractivity contribution >= 4 is 45.3 Å². The van der Waals surface area contributed by atoms with E-state index < -0.39 is 0 Å². The Labute approximate surface area is 176 Å². The maximum atomic E-state index is 5.49. The largest absolute Gasteiger partial charge is 0.493 e. The minimum Gasteiger partial charge on any atom is -0.493 e. The Hall–Kier alpha value is -3.72. The maximum Gasteiger partial charge on any atom is 0.196 e. The first-order valence-corrected chi connectivity index (χ1v) is 10.0. The van der Waals surface area contributed by atoms with Crippen molar-refractivity contribution in [2.45, 2.75) is 10.1 Å². The predicted molar refractivity (Wildman–Crippen MR) is 117 cm³/mol. The van der Waals surface area contributed by atoms with E-state index in [-0.39, 0.29) is 0 Å². The highest BCUT2D eigenvalue weighted by molar-refractivity contribution is 7.99. The quantitative estimate of drug-likeness (QED) is 0.342. The van der Waals surface area contributed by atoms with Gasteiger partial charge in [0.2, 0.25) is 0 Å². The third kappa shape index (κ3) is 3.29. The molecule has 0 saturated carbocycles. The van der Waals surface area contributed by atoms with Crippen LogP contribution in [0, 0.1) is 0 Å². The van der Waals surface area contributed by atoms with Gasteiger partial charge in [-0.15, -0.1) is 0 Å². The lowest BCUT2D eigenvalue weighted by Crippen LogP contribution is -1.98. The molecule has 8 nitrogen and oxygen atoms in total. The number of nitrogens with zero attached hydrogens (tertiary/aromatic N) is 3. The lowest BCUT2D eigenvalue weighted by atomic mass is 10.2. The second kappa shape index (κ2) is 7.60. The van der Waals surface area contributed by atoms with Crippen LogP contribution in [0.2, 0.25) is 0 Å². The zero-order chi connectivity index (χ0) is 20.5. The second-order valence-corrected chi connectivity index (χ2v) is 7.51. The molecule has 2 aromatic carbocycles. The number of fused-ring (bicyclic) bond motifs is 3. The Kier molecular flexibility index (Phi) is 4.64. The average molecular weight is 418 g/mol. The smallest absolute Gasteiger partial charge is 0.196 e. The summed E-state index contributed by atoms with van der Waals surface area (Å²) >= 11 is 1.50. The van der Waals surface area contributed by atoms with Gasteiger partial charge < -0.3 is 19.8 Å². The molecule has 0 fully saturated rings. The number of methoxy groups -OCH3 is 2. The first-order valence-electron chi connectivity index (χ1n) is 9.20. The number of H-pyrrole nitrogens is 2. The first-order chi connectivity index (χ1) is 14.7. The van der Waals surface area contributed by atoms with Crippen LogP contribution in [0.25, 0.3) is 21.9 Å². The van der Waals surface area contributed by atoms with Crippen LogP contribution in [0.1, 0.15) is 0 Å². The average Bonchev–Trinajstić information content (AvgIpc) is 3.40. The highest BCUT2D eigenvalue weighted by Crippen LogP contribution is 2.39. The Morgan fingerprint density at radius 1 is 0.967 bits per heavy atom. The Bertz CT molecular complexity index is 1320. The van der Waals surface area contributed by atoms with Gasteiger partial charge in [0.25, 0.3) is 0 Å². The number of hydrogen-bond acceptors (Lipinski definition) is 7. The fourth-order valence-corrected chi connectivity index (χ4v) is 4.06. The molecule has 3 aromatic heterocycles. The summed E-state index contributed by atoms with van der Waals surface area (Å²) in [7, 11) is 3.24. The highest BCUT2D eigenvalue weighted by atomic mass is 32.2. The highest BCUT2D eigenvalue weighted by Gasteiger charge is 2.18. The topological polar surface area (TPSA) is 101 Å². The standard InChI is InChI=1S/C21H18N6O2S/c1-28-15-10-13-14(11-16(15)29-2)23-19-18(13)20(24-17-8-9-22-27-17)26-21(25-19)30-12-6-4-3-5-7-12/h3-11H,1-2H3,(H3,22,23,24,25,26,27). The van der Waals surface area contributed by atoms with Crippen molar-refractivity contribution in [3.05, 3.63) is 54.7 Å². The molecule has 5 rings (SSSR count). The van der Waals surface area contributed by atoms with Gasteiger partial charge in [-0.25, -0.2) is 9.97 Å². The molecule has 30 heavy (non-hydrogen) atoms. The van der Waals surface area contributed by atoms with Gasteiger partial charge in [0.05, 0.1) is 31.3 Å². The van der Waals surface area contributed by atoms with E-state index in [1.807, 2.05) is 48.5 Å². The number of aromatic amines is 2. The van der Waals surface area contributed by atoms with Crippen molar-refractivity contribution < 1.29 is 9.47 Å². The summed E-state index contributed by atoms with van der Waals surface area (Å²) in [4.78, 5) is 14.0. The van der Waals surface area contributed by atoms with E-state index in [2.05, 4.69) is 20.5 Å². The van der Waals surface area contributed by atoms with Gasteiger partial charge in [-0.1, -0.05) is 18.2 Å². The van der Waals surface area contributed by atoms with Crippen molar-refractivity contribution in [1.82, 2.24) is 25.1 Å². The van der Waals surface area contributed by atoms with E-state index in [9.17, 15) is 0 Å². The molecule has 0 amide bonds. The number of aromatic nitrogens is 5. The minimum absolute atomic E-state index is 0.626. The van der Waals surface area contributed by atoms with E-state index in [4.69, 9.17) is 19.4 Å². The molecule has 0 spiro atoms. The Balaban J connectivity index is 1.71. The lowest BCUT2D eigenvalue weighted by Gasteiger charge is -2.09. The van der Waals surface area contributed by atoms with Crippen LogP contribution in [0.15, 0.2) is 64.8 Å².